The van der Waals surface area contributed by atoms with Gasteiger partial charge in [-0.25, -0.2) is 27.9 Å². The van der Waals surface area contributed by atoms with Crippen molar-refractivity contribution >= 4 is 21.7 Å². The lowest BCUT2D eigenvalue weighted by atomic mass is 9.90. The predicted octanol–water partition coefficient (Wildman–Crippen LogP) is 3.54. The van der Waals surface area contributed by atoms with Crippen molar-refractivity contribution in [1.29, 1.82) is 0 Å². The molecule has 2 rings (SSSR count). The van der Waals surface area contributed by atoms with E-state index in [1.807, 2.05) is 51.5 Å². The second-order valence-electron chi connectivity index (χ2n) is 6.76. The zero-order valence-electron chi connectivity index (χ0n) is 15.6. The third-order valence-corrected chi connectivity index (χ3v) is 5.19. The molecule has 0 radical (unpaired) electrons. The molecule has 0 saturated heterocycles. The second kappa shape index (κ2) is 7.82. The second-order valence-corrected chi connectivity index (χ2v) is 8.44. The summed E-state index contributed by atoms with van der Waals surface area (Å²) in [7, 11) is -4.04. The fraction of sp³-hybridized carbons (Fsp3) is 0.389. The Morgan fingerprint density at radius 3 is 1.96 bits per heavy atom. The number of hydrogen-bond acceptors (Lipinski definition) is 5. The van der Waals surface area contributed by atoms with Crippen LogP contribution in [0.4, 0.5) is 10.5 Å². The molecule has 2 amide bonds. The van der Waals surface area contributed by atoms with Gasteiger partial charge in [0.15, 0.2) is 0 Å². The topological polar surface area (TPSA) is 101 Å². The van der Waals surface area contributed by atoms with Crippen molar-refractivity contribution in [3.63, 3.8) is 0 Å². The Bertz CT molecular complexity index is 865. The Hall–Kier alpha value is -2.48. The van der Waals surface area contributed by atoms with E-state index in [0.717, 1.165) is 29.1 Å². The van der Waals surface area contributed by atoms with Crippen molar-refractivity contribution in [3.8, 4) is 0 Å². The molecule has 0 aliphatic heterocycles. The average Bonchev–Trinajstić information content (AvgIpc) is 2.56. The summed E-state index contributed by atoms with van der Waals surface area (Å²) in [5.41, 5.74) is 3.67. The van der Waals surface area contributed by atoms with Gasteiger partial charge in [-0.1, -0.05) is 45.4 Å². The number of nitrogens with zero attached hydrogens (tertiary/aromatic N) is 2. The van der Waals surface area contributed by atoms with E-state index < -0.39 is 16.1 Å². The van der Waals surface area contributed by atoms with Crippen molar-refractivity contribution in [2.75, 3.05) is 5.32 Å². The normalized spacial score (nSPS) is 11.7. The van der Waals surface area contributed by atoms with Crippen molar-refractivity contribution in [2.24, 2.45) is 0 Å². The zero-order chi connectivity index (χ0) is 19.5. The van der Waals surface area contributed by atoms with Crippen molar-refractivity contribution in [2.45, 2.75) is 51.3 Å². The number of benzene rings is 1. The number of anilines is 1. The summed E-state index contributed by atoms with van der Waals surface area (Å²) in [5, 5.41) is 2.72. The maximum absolute atomic E-state index is 12.4. The molecule has 0 unspecified atom stereocenters. The molecule has 0 atom stereocenters. The molecule has 0 fully saturated rings. The molecule has 0 spiro atoms. The lowest BCUT2D eigenvalue weighted by molar-refractivity contribution is 0.256. The van der Waals surface area contributed by atoms with Gasteiger partial charge < -0.3 is 5.32 Å². The summed E-state index contributed by atoms with van der Waals surface area (Å²) < 4.78 is 26.6. The molecular formula is C18H24N4O3S. The van der Waals surface area contributed by atoms with Gasteiger partial charge in [0.2, 0.25) is 0 Å². The smallest absolute Gasteiger partial charge is 0.307 e. The van der Waals surface area contributed by atoms with Crippen LogP contribution in [0, 0.1) is 6.92 Å². The van der Waals surface area contributed by atoms with Crippen LogP contribution in [0.5, 0.6) is 0 Å². The summed E-state index contributed by atoms with van der Waals surface area (Å²) in [6.07, 6.45) is 3.48. The number of carbonyl (C=O) groups is 1. The van der Waals surface area contributed by atoms with Gasteiger partial charge >= 0.3 is 6.03 Å². The fourth-order valence-electron chi connectivity index (χ4n) is 2.64. The lowest BCUT2D eigenvalue weighted by Crippen LogP contribution is -2.35. The van der Waals surface area contributed by atoms with Gasteiger partial charge in [0.05, 0.1) is 12.4 Å². The minimum absolute atomic E-state index is 0.168. The predicted molar refractivity (Wildman–Crippen MR) is 101 cm³/mol. The first-order valence-corrected chi connectivity index (χ1v) is 9.83. The van der Waals surface area contributed by atoms with Gasteiger partial charge in [-0.2, -0.15) is 0 Å². The van der Waals surface area contributed by atoms with Crippen LogP contribution in [0.1, 0.15) is 56.2 Å². The molecule has 1 aromatic carbocycles. The molecule has 140 valence electrons. The van der Waals surface area contributed by atoms with E-state index in [9.17, 15) is 13.2 Å². The monoisotopic (exact) mass is 376 g/mol. The Kier molecular flexibility index (Phi) is 5.97. The number of urea groups is 1. The number of nitrogens with one attached hydrogen (secondary N) is 2. The molecule has 0 saturated carbocycles. The van der Waals surface area contributed by atoms with Crippen molar-refractivity contribution < 1.29 is 13.2 Å². The number of aryl methyl sites for hydroxylation is 1. The van der Waals surface area contributed by atoms with Crippen LogP contribution >= 0.6 is 0 Å². The zero-order valence-corrected chi connectivity index (χ0v) is 16.4. The van der Waals surface area contributed by atoms with Crippen molar-refractivity contribution in [1.82, 2.24) is 14.7 Å². The number of sulfonamides is 1. The van der Waals surface area contributed by atoms with Gasteiger partial charge in [0.25, 0.3) is 10.0 Å². The van der Waals surface area contributed by atoms with Crippen LogP contribution < -0.4 is 10.0 Å². The Morgan fingerprint density at radius 1 is 1.00 bits per heavy atom. The first-order valence-electron chi connectivity index (χ1n) is 8.35. The first-order chi connectivity index (χ1) is 12.1. The molecule has 1 heterocycles. The van der Waals surface area contributed by atoms with Crippen LogP contribution in [0.3, 0.4) is 0 Å². The van der Waals surface area contributed by atoms with Gasteiger partial charge in [0, 0.05) is 5.69 Å². The third-order valence-electron chi connectivity index (χ3n) is 3.90. The standard InChI is InChI=1S/C18H24N4O3S/c1-11(2)15-6-13(5)7-16(12(3)4)17(15)21-18(23)22-26(24,25)14-8-19-10-20-9-14/h6-12H,1-5H3,(H2,21,22,23). The molecule has 0 aliphatic carbocycles. The van der Waals surface area contributed by atoms with Crippen LogP contribution in [0.25, 0.3) is 0 Å². The highest BCUT2D eigenvalue weighted by Gasteiger charge is 2.21. The molecule has 8 heteroatoms. The molecule has 7 nitrogen and oxygen atoms in total. The van der Waals surface area contributed by atoms with Crippen molar-refractivity contribution in [3.05, 3.63) is 47.5 Å². The van der Waals surface area contributed by atoms with E-state index in [-0.39, 0.29) is 16.7 Å². The molecule has 2 N–H and O–H groups in total. The first kappa shape index (κ1) is 19.8. The average molecular weight is 376 g/mol. The molecule has 0 aliphatic rings. The number of amides is 2. The van der Waals surface area contributed by atoms with Gasteiger partial charge in [0.1, 0.15) is 11.2 Å². The van der Waals surface area contributed by atoms with E-state index in [2.05, 4.69) is 15.3 Å². The Labute approximate surface area is 154 Å². The fourth-order valence-corrected chi connectivity index (χ4v) is 3.45. The van der Waals surface area contributed by atoms with E-state index in [0.29, 0.717) is 5.69 Å². The molecule has 1 aromatic heterocycles. The summed E-state index contributed by atoms with van der Waals surface area (Å²) in [6, 6.07) is 3.19. The molecule has 0 bridgehead atoms. The SMILES string of the molecule is Cc1cc(C(C)C)c(NC(=O)NS(=O)(=O)c2cncnc2)c(C(C)C)c1. The summed E-state index contributed by atoms with van der Waals surface area (Å²) in [6.45, 7) is 10.1. The molecule has 2 aromatic rings. The molecule has 26 heavy (non-hydrogen) atoms. The largest absolute Gasteiger partial charge is 0.333 e. The highest BCUT2D eigenvalue weighted by atomic mass is 32.2. The quantitative estimate of drug-likeness (QED) is 0.831. The maximum atomic E-state index is 12.4. The lowest BCUT2D eigenvalue weighted by Gasteiger charge is -2.21. The van der Waals surface area contributed by atoms with Gasteiger partial charge in [-0.15, -0.1) is 0 Å². The minimum atomic E-state index is -4.04. The van der Waals surface area contributed by atoms with E-state index in [1.54, 1.807) is 0 Å². The number of hydrogen-bond donors (Lipinski definition) is 2. The highest BCUT2D eigenvalue weighted by molar-refractivity contribution is 7.90. The number of aromatic nitrogens is 2. The maximum Gasteiger partial charge on any atom is 0.333 e. The molecular weight excluding hydrogens is 352 g/mol. The number of carbonyl (C=O) groups excluding carboxylic acids is 1. The summed E-state index contributed by atoms with van der Waals surface area (Å²) in [5.74, 6) is 0.337. The number of rotatable bonds is 5. The highest BCUT2D eigenvalue weighted by Crippen LogP contribution is 2.33. The third kappa shape index (κ3) is 4.57. The summed E-state index contributed by atoms with van der Waals surface area (Å²) >= 11 is 0. The Balaban J connectivity index is 2.34. The van der Waals surface area contributed by atoms with Gasteiger partial charge in [-0.3, -0.25) is 0 Å². The van der Waals surface area contributed by atoms with Gasteiger partial charge in [-0.05, 0) is 29.9 Å². The Morgan fingerprint density at radius 2 is 1.50 bits per heavy atom. The van der Waals surface area contributed by atoms with Crippen LogP contribution in [-0.2, 0) is 10.0 Å². The van der Waals surface area contributed by atoms with Crippen LogP contribution in [0.2, 0.25) is 0 Å². The van der Waals surface area contributed by atoms with E-state index in [1.165, 1.54) is 6.33 Å². The minimum Gasteiger partial charge on any atom is -0.307 e. The van der Waals surface area contributed by atoms with Crippen LogP contribution in [-0.4, -0.2) is 24.4 Å². The van der Waals surface area contributed by atoms with E-state index in [4.69, 9.17) is 0 Å². The van der Waals surface area contributed by atoms with E-state index >= 15 is 0 Å². The summed E-state index contributed by atoms with van der Waals surface area (Å²) in [4.78, 5) is 19.5. The van der Waals surface area contributed by atoms with Crippen LogP contribution in [0.15, 0.2) is 35.7 Å².